The van der Waals surface area contributed by atoms with Crippen molar-refractivity contribution < 1.29 is 27.1 Å². The molecule has 17 heavy (non-hydrogen) atoms. The molecule has 0 unspecified atom stereocenters. The van der Waals surface area contributed by atoms with E-state index < -0.39 is 41.8 Å². The second-order valence-corrected chi connectivity index (χ2v) is 3.09. The Morgan fingerprint density at radius 2 is 2.12 bits per heavy atom. The SMILES string of the molecule is CCOC(=O)Cc1cc(F)nc(F)c1C(F)F. The summed E-state index contributed by atoms with van der Waals surface area (Å²) in [5, 5.41) is 0. The Kier molecular flexibility index (Phi) is 4.42. The molecule has 0 aliphatic rings. The molecule has 1 aromatic heterocycles. The Morgan fingerprint density at radius 1 is 1.47 bits per heavy atom. The van der Waals surface area contributed by atoms with Gasteiger partial charge in [0.1, 0.15) is 0 Å². The number of hydrogen-bond donors (Lipinski definition) is 0. The summed E-state index contributed by atoms with van der Waals surface area (Å²) in [7, 11) is 0. The molecule has 0 aliphatic heterocycles. The highest BCUT2D eigenvalue weighted by molar-refractivity contribution is 5.73. The maximum Gasteiger partial charge on any atom is 0.310 e. The quantitative estimate of drug-likeness (QED) is 0.468. The molecule has 7 heteroatoms. The van der Waals surface area contributed by atoms with Gasteiger partial charge in [-0.25, -0.2) is 8.78 Å². The summed E-state index contributed by atoms with van der Waals surface area (Å²) in [6.45, 7) is 1.58. The zero-order valence-corrected chi connectivity index (χ0v) is 8.84. The van der Waals surface area contributed by atoms with Gasteiger partial charge in [0.05, 0.1) is 18.6 Å². The van der Waals surface area contributed by atoms with Crippen LogP contribution in [0.4, 0.5) is 17.6 Å². The number of carbonyl (C=O) groups excluding carboxylic acids is 1. The number of nitrogens with zero attached hydrogens (tertiary/aromatic N) is 1. The molecule has 0 saturated heterocycles. The molecule has 94 valence electrons. The number of carbonyl (C=O) groups is 1. The summed E-state index contributed by atoms with van der Waals surface area (Å²) in [6.07, 6.45) is -3.79. The fourth-order valence-electron chi connectivity index (χ4n) is 1.28. The smallest absolute Gasteiger partial charge is 0.310 e. The minimum atomic E-state index is -3.17. The van der Waals surface area contributed by atoms with Gasteiger partial charge in [0, 0.05) is 0 Å². The monoisotopic (exact) mass is 251 g/mol. The molecule has 0 aliphatic carbocycles. The minimum absolute atomic E-state index is 0.0545. The van der Waals surface area contributed by atoms with E-state index in [0.29, 0.717) is 6.07 Å². The molecular formula is C10H9F4NO2. The predicted octanol–water partition coefficient (Wildman–Crippen LogP) is 2.40. The molecule has 0 spiro atoms. The highest BCUT2D eigenvalue weighted by atomic mass is 19.3. The number of ether oxygens (including phenoxy) is 1. The van der Waals surface area contributed by atoms with Gasteiger partial charge in [0.25, 0.3) is 6.43 Å². The van der Waals surface area contributed by atoms with E-state index in [2.05, 4.69) is 9.72 Å². The Morgan fingerprint density at radius 3 is 2.65 bits per heavy atom. The third kappa shape index (κ3) is 3.40. The maximum atomic E-state index is 13.0. The average Bonchev–Trinajstić information content (AvgIpc) is 2.15. The molecule has 3 nitrogen and oxygen atoms in total. The van der Waals surface area contributed by atoms with Crippen molar-refractivity contribution in [2.75, 3.05) is 6.61 Å². The molecule has 0 amide bonds. The van der Waals surface area contributed by atoms with E-state index in [4.69, 9.17) is 0 Å². The molecule has 0 radical (unpaired) electrons. The first kappa shape index (κ1) is 13.4. The number of rotatable bonds is 4. The lowest BCUT2D eigenvalue weighted by Crippen LogP contribution is -2.12. The molecule has 1 aromatic rings. The van der Waals surface area contributed by atoms with Gasteiger partial charge in [-0.05, 0) is 18.6 Å². The normalized spacial score (nSPS) is 10.7. The summed E-state index contributed by atoms with van der Waals surface area (Å²) < 4.78 is 55.3. The summed E-state index contributed by atoms with van der Waals surface area (Å²) in [5.41, 5.74) is -1.53. The van der Waals surface area contributed by atoms with Crippen LogP contribution in [0.15, 0.2) is 6.07 Å². The van der Waals surface area contributed by atoms with Crippen molar-refractivity contribution in [3.63, 3.8) is 0 Å². The van der Waals surface area contributed by atoms with Gasteiger partial charge < -0.3 is 4.74 Å². The molecule has 0 saturated carbocycles. The largest absolute Gasteiger partial charge is 0.466 e. The topological polar surface area (TPSA) is 39.2 Å². The van der Waals surface area contributed by atoms with Gasteiger partial charge in [0.15, 0.2) is 0 Å². The van der Waals surface area contributed by atoms with E-state index in [9.17, 15) is 22.4 Å². The lowest BCUT2D eigenvalue weighted by molar-refractivity contribution is -0.142. The molecule has 0 atom stereocenters. The van der Waals surface area contributed by atoms with E-state index >= 15 is 0 Å². The Hall–Kier alpha value is -1.66. The van der Waals surface area contributed by atoms with Gasteiger partial charge in [-0.2, -0.15) is 13.8 Å². The lowest BCUT2D eigenvalue weighted by atomic mass is 10.1. The number of pyridine rings is 1. The van der Waals surface area contributed by atoms with Crippen molar-refractivity contribution in [3.05, 3.63) is 29.1 Å². The van der Waals surface area contributed by atoms with E-state index in [1.54, 1.807) is 0 Å². The first-order chi connectivity index (χ1) is 7.95. The Bertz CT molecular complexity index is 423. The number of aromatic nitrogens is 1. The summed E-state index contributed by atoms with van der Waals surface area (Å²) >= 11 is 0. The zero-order valence-electron chi connectivity index (χ0n) is 8.84. The van der Waals surface area contributed by atoms with E-state index in [1.807, 2.05) is 0 Å². The van der Waals surface area contributed by atoms with Gasteiger partial charge in [0.2, 0.25) is 11.9 Å². The predicted molar refractivity (Wildman–Crippen MR) is 49.4 cm³/mol. The van der Waals surface area contributed by atoms with Crippen molar-refractivity contribution in [2.24, 2.45) is 0 Å². The third-order valence-electron chi connectivity index (χ3n) is 1.92. The molecule has 0 aromatic carbocycles. The molecule has 0 fully saturated rings. The van der Waals surface area contributed by atoms with Crippen LogP contribution in [0.2, 0.25) is 0 Å². The standard InChI is InChI=1S/C10H9F4NO2/c1-2-17-7(16)4-5-3-6(11)15-10(14)8(5)9(12)13/h3,9H,2,4H2,1H3. The molecule has 1 heterocycles. The molecule has 1 rings (SSSR count). The summed E-state index contributed by atoms with van der Waals surface area (Å²) in [6, 6.07) is 0.599. The summed E-state index contributed by atoms with van der Waals surface area (Å²) in [5.74, 6) is -3.70. The lowest BCUT2D eigenvalue weighted by Gasteiger charge is -2.09. The zero-order chi connectivity index (χ0) is 13.0. The Balaban J connectivity index is 3.08. The molecule has 0 N–H and O–H groups in total. The van der Waals surface area contributed by atoms with Crippen LogP contribution >= 0.6 is 0 Å². The van der Waals surface area contributed by atoms with Crippen LogP contribution in [0.25, 0.3) is 0 Å². The van der Waals surface area contributed by atoms with Crippen LogP contribution in [0.5, 0.6) is 0 Å². The summed E-state index contributed by atoms with van der Waals surface area (Å²) in [4.78, 5) is 13.7. The van der Waals surface area contributed by atoms with E-state index in [-0.39, 0.29) is 6.61 Å². The van der Waals surface area contributed by atoms with Crippen LogP contribution in [0.3, 0.4) is 0 Å². The van der Waals surface area contributed by atoms with Crippen LogP contribution in [0.1, 0.15) is 24.5 Å². The number of halogens is 4. The molecule has 0 bridgehead atoms. The maximum absolute atomic E-state index is 13.0. The van der Waals surface area contributed by atoms with Crippen molar-refractivity contribution >= 4 is 5.97 Å². The van der Waals surface area contributed by atoms with Crippen molar-refractivity contribution in [3.8, 4) is 0 Å². The first-order valence-electron chi connectivity index (χ1n) is 4.74. The van der Waals surface area contributed by atoms with Crippen LogP contribution in [-0.4, -0.2) is 17.6 Å². The van der Waals surface area contributed by atoms with Crippen molar-refractivity contribution in [1.82, 2.24) is 4.98 Å². The van der Waals surface area contributed by atoms with Gasteiger partial charge in [-0.3, -0.25) is 4.79 Å². The fourth-order valence-corrected chi connectivity index (χ4v) is 1.28. The fraction of sp³-hybridized carbons (Fsp3) is 0.400. The third-order valence-corrected chi connectivity index (χ3v) is 1.92. The van der Waals surface area contributed by atoms with Crippen molar-refractivity contribution in [2.45, 2.75) is 19.8 Å². The van der Waals surface area contributed by atoms with E-state index in [0.717, 1.165) is 0 Å². The van der Waals surface area contributed by atoms with E-state index in [1.165, 1.54) is 6.92 Å². The number of alkyl halides is 2. The van der Waals surface area contributed by atoms with Crippen LogP contribution in [0, 0.1) is 11.9 Å². The van der Waals surface area contributed by atoms with Gasteiger partial charge in [-0.1, -0.05) is 0 Å². The molecular weight excluding hydrogens is 242 g/mol. The minimum Gasteiger partial charge on any atom is -0.466 e. The van der Waals surface area contributed by atoms with Crippen LogP contribution in [-0.2, 0) is 16.0 Å². The van der Waals surface area contributed by atoms with Gasteiger partial charge >= 0.3 is 5.97 Å². The van der Waals surface area contributed by atoms with Crippen molar-refractivity contribution in [1.29, 1.82) is 0 Å². The Labute approximate surface area is 94.4 Å². The highest BCUT2D eigenvalue weighted by Gasteiger charge is 2.22. The second kappa shape index (κ2) is 5.60. The highest BCUT2D eigenvalue weighted by Crippen LogP contribution is 2.26. The second-order valence-electron chi connectivity index (χ2n) is 3.09. The number of esters is 1. The number of hydrogen-bond acceptors (Lipinski definition) is 3. The van der Waals surface area contributed by atoms with Gasteiger partial charge in [-0.15, -0.1) is 0 Å². The van der Waals surface area contributed by atoms with Crippen LogP contribution < -0.4 is 0 Å². The first-order valence-corrected chi connectivity index (χ1v) is 4.74. The average molecular weight is 251 g/mol.